The third kappa shape index (κ3) is 10.4. The van der Waals surface area contributed by atoms with Crippen molar-refractivity contribution in [2.75, 3.05) is 26.2 Å². The van der Waals surface area contributed by atoms with Crippen LogP contribution in [0.4, 0.5) is 9.59 Å². The SMILES string of the molecule is CCCCC/C(=N\OC(=O)N1CCCCC1)C(=O)c1ccc(Sc2ccc(C(=O)/C(=N/OC(=O)N3CCCCC3)c3ccccc3)cc2)cc1. The van der Waals surface area contributed by atoms with Gasteiger partial charge in [0, 0.05) is 52.7 Å². The van der Waals surface area contributed by atoms with E-state index in [0.717, 1.165) is 67.6 Å². The number of likely N-dealkylation sites (tertiary alicyclic amines) is 2. The first-order valence-electron chi connectivity index (χ1n) is 17.5. The van der Waals surface area contributed by atoms with Crippen LogP contribution in [0, 0.1) is 0 Å². The number of carbonyl (C=O) groups is 4. The summed E-state index contributed by atoms with van der Waals surface area (Å²) in [5.74, 6) is -0.621. The van der Waals surface area contributed by atoms with Crippen LogP contribution in [0.5, 0.6) is 0 Å². The number of nitrogens with zero attached hydrogens (tertiary/aromatic N) is 4. The topological polar surface area (TPSA) is 118 Å². The highest BCUT2D eigenvalue weighted by Crippen LogP contribution is 2.29. The lowest BCUT2D eigenvalue weighted by Crippen LogP contribution is -2.35. The maximum atomic E-state index is 13.6. The quantitative estimate of drug-likeness (QED) is 0.0576. The van der Waals surface area contributed by atoms with Crippen molar-refractivity contribution in [2.24, 2.45) is 10.3 Å². The van der Waals surface area contributed by atoms with Crippen molar-refractivity contribution in [2.45, 2.75) is 80.9 Å². The molecular formula is C39H44N4O6S. The Balaban J connectivity index is 1.23. The number of hydrogen-bond donors (Lipinski definition) is 0. The maximum absolute atomic E-state index is 13.6. The zero-order chi connectivity index (χ0) is 35.1. The summed E-state index contributed by atoms with van der Waals surface area (Å²) in [7, 11) is 0. The molecule has 3 aromatic carbocycles. The van der Waals surface area contributed by atoms with Crippen molar-refractivity contribution in [3.8, 4) is 0 Å². The Bertz CT molecular complexity index is 1660. The highest BCUT2D eigenvalue weighted by molar-refractivity contribution is 7.99. The second kappa shape index (κ2) is 18.8. The summed E-state index contributed by atoms with van der Waals surface area (Å²) in [4.78, 5) is 67.6. The van der Waals surface area contributed by atoms with Crippen molar-refractivity contribution < 1.29 is 28.9 Å². The van der Waals surface area contributed by atoms with Crippen LogP contribution in [-0.2, 0) is 9.68 Å². The third-order valence-electron chi connectivity index (χ3n) is 8.69. The van der Waals surface area contributed by atoms with Gasteiger partial charge in [-0.1, -0.05) is 72.2 Å². The van der Waals surface area contributed by atoms with Gasteiger partial charge in [-0.2, -0.15) is 0 Å². The highest BCUT2D eigenvalue weighted by Gasteiger charge is 2.23. The fourth-order valence-electron chi connectivity index (χ4n) is 5.80. The molecule has 0 N–H and O–H groups in total. The molecule has 262 valence electrons. The lowest BCUT2D eigenvalue weighted by Gasteiger charge is -2.24. The van der Waals surface area contributed by atoms with Crippen LogP contribution < -0.4 is 0 Å². The summed E-state index contributed by atoms with van der Waals surface area (Å²) in [5, 5.41) is 8.08. The Kier molecular flexibility index (Phi) is 13.8. The molecule has 0 unspecified atom stereocenters. The van der Waals surface area contributed by atoms with E-state index in [0.29, 0.717) is 49.3 Å². The van der Waals surface area contributed by atoms with E-state index in [2.05, 4.69) is 17.2 Å². The summed E-state index contributed by atoms with van der Waals surface area (Å²) in [6, 6.07) is 23.3. The predicted molar refractivity (Wildman–Crippen MR) is 194 cm³/mol. The number of benzene rings is 3. The Labute approximate surface area is 297 Å². The number of amides is 2. The molecule has 5 rings (SSSR count). The summed E-state index contributed by atoms with van der Waals surface area (Å²) in [6.45, 7) is 4.61. The van der Waals surface area contributed by atoms with E-state index >= 15 is 0 Å². The molecule has 0 aliphatic carbocycles. The van der Waals surface area contributed by atoms with E-state index in [1.54, 1.807) is 58.3 Å². The molecule has 0 atom stereocenters. The summed E-state index contributed by atoms with van der Waals surface area (Å²) < 4.78 is 0. The van der Waals surface area contributed by atoms with Crippen molar-refractivity contribution >= 4 is 46.9 Å². The molecule has 2 fully saturated rings. The highest BCUT2D eigenvalue weighted by atomic mass is 32.2. The number of rotatable bonds is 13. The summed E-state index contributed by atoms with van der Waals surface area (Å²) in [5.41, 5.74) is 1.71. The summed E-state index contributed by atoms with van der Waals surface area (Å²) in [6.07, 6.45) is 7.97. The van der Waals surface area contributed by atoms with Crippen molar-refractivity contribution in [1.29, 1.82) is 0 Å². The largest absolute Gasteiger partial charge is 0.435 e. The Morgan fingerprint density at radius 3 is 1.62 bits per heavy atom. The molecule has 0 radical (unpaired) electrons. The fraction of sp³-hybridized carbons (Fsp3) is 0.385. The van der Waals surface area contributed by atoms with Crippen molar-refractivity contribution in [1.82, 2.24) is 9.80 Å². The third-order valence-corrected chi connectivity index (χ3v) is 9.70. The molecular weight excluding hydrogens is 653 g/mol. The van der Waals surface area contributed by atoms with Gasteiger partial charge in [0.2, 0.25) is 11.6 Å². The van der Waals surface area contributed by atoms with E-state index < -0.39 is 12.2 Å². The predicted octanol–water partition coefficient (Wildman–Crippen LogP) is 8.79. The van der Waals surface area contributed by atoms with E-state index in [1.165, 1.54) is 11.8 Å². The lowest BCUT2D eigenvalue weighted by molar-refractivity contribution is 0.0946. The van der Waals surface area contributed by atoms with Crippen LogP contribution in [0.25, 0.3) is 0 Å². The second-order valence-electron chi connectivity index (χ2n) is 12.4. The zero-order valence-corrected chi connectivity index (χ0v) is 29.4. The van der Waals surface area contributed by atoms with Crippen molar-refractivity contribution in [3.63, 3.8) is 0 Å². The van der Waals surface area contributed by atoms with Gasteiger partial charge < -0.3 is 9.80 Å². The molecule has 2 aliphatic heterocycles. The van der Waals surface area contributed by atoms with Crippen LogP contribution in [-0.4, -0.2) is 71.2 Å². The Morgan fingerprint density at radius 2 is 1.10 bits per heavy atom. The molecule has 2 saturated heterocycles. The van der Waals surface area contributed by atoms with E-state index in [1.807, 2.05) is 30.3 Å². The minimum Gasteiger partial charge on any atom is -0.306 e. The average Bonchev–Trinajstić information content (AvgIpc) is 3.17. The van der Waals surface area contributed by atoms with Gasteiger partial charge in [0.15, 0.2) is 5.71 Å². The van der Waals surface area contributed by atoms with Gasteiger partial charge in [-0.25, -0.2) is 9.59 Å². The number of piperidine rings is 2. The average molecular weight is 697 g/mol. The molecule has 2 heterocycles. The molecule has 0 saturated carbocycles. The number of carbonyl (C=O) groups excluding carboxylic acids is 4. The maximum Gasteiger partial charge on any atom is 0.435 e. The molecule has 0 aromatic heterocycles. The molecule has 50 heavy (non-hydrogen) atoms. The van der Waals surface area contributed by atoms with Gasteiger partial charge in [0.1, 0.15) is 5.71 Å². The van der Waals surface area contributed by atoms with E-state index in [-0.39, 0.29) is 23.0 Å². The number of Topliss-reactive ketones (excluding diaryl/α,β-unsaturated/α-hetero) is 2. The van der Waals surface area contributed by atoms with Gasteiger partial charge in [-0.15, -0.1) is 0 Å². The molecule has 0 spiro atoms. The Morgan fingerprint density at radius 1 is 0.600 bits per heavy atom. The first kappa shape index (κ1) is 36.5. The number of hydrogen-bond acceptors (Lipinski definition) is 9. The first-order valence-corrected chi connectivity index (χ1v) is 18.3. The standard InChI is InChI=1S/C39H44N4O6S/c1-2-3-7-16-34(40-48-38(46)42-25-10-5-11-26-42)36(44)30-17-21-32(22-18-30)50-33-23-19-31(20-24-33)37(45)35(29-14-8-4-9-15-29)41-49-39(47)43-27-12-6-13-28-43/h4,8-9,14-15,17-24H,2-3,5-7,10-13,16,25-28H2,1H3/b40-34+,41-35+. The second-order valence-corrected chi connectivity index (χ2v) is 13.6. The molecule has 2 amide bonds. The first-order chi connectivity index (χ1) is 24.4. The molecule has 3 aromatic rings. The normalized spacial score (nSPS) is 15.4. The van der Waals surface area contributed by atoms with E-state index in [9.17, 15) is 19.2 Å². The fourth-order valence-corrected chi connectivity index (χ4v) is 6.62. The van der Waals surface area contributed by atoms with Gasteiger partial charge >= 0.3 is 12.2 Å². The number of oxime groups is 2. The van der Waals surface area contributed by atoms with Gasteiger partial charge in [-0.3, -0.25) is 19.3 Å². The van der Waals surface area contributed by atoms with Gasteiger partial charge in [-0.05, 0) is 99.9 Å². The summed E-state index contributed by atoms with van der Waals surface area (Å²) >= 11 is 1.49. The van der Waals surface area contributed by atoms with Gasteiger partial charge in [0.25, 0.3) is 0 Å². The molecule has 11 heteroatoms. The smallest absolute Gasteiger partial charge is 0.306 e. The van der Waals surface area contributed by atoms with Crippen LogP contribution >= 0.6 is 11.8 Å². The molecule has 2 aliphatic rings. The van der Waals surface area contributed by atoms with Gasteiger partial charge in [0.05, 0.1) is 0 Å². The number of ketones is 2. The lowest BCUT2D eigenvalue weighted by atomic mass is 10.0. The molecule has 10 nitrogen and oxygen atoms in total. The monoisotopic (exact) mass is 696 g/mol. The van der Waals surface area contributed by atoms with Crippen molar-refractivity contribution in [3.05, 3.63) is 95.6 Å². The number of unbranched alkanes of at least 4 members (excludes halogenated alkanes) is 2. The van der Waals surface area contributed by atoms with Crippen LogP contribution in [0.3, 0.4) is 0 Å². The van der Waals surface area contributed by atoms with Crippen LogP contribution in [0.15, 0.2) is 99.0 Å². The van der Waals surface area contributed by atoms with Crippen LogP contribution in [0.1, 0.15) is 97.4 Å². The Hall–Kier alpha value is -4.77. The minimum absolute atomic E-state index is 0.0514. The minimum atomic E-state index is -0.554. The zero-order valence-electron chi connectivity index (χ0n) is 28.6. The molecule has 0 bridgehead atoms. The van der Waals surface area contributed by atoms with E-state index in [4.69, 9.17) is 9.68 Å². The van der Waals surface area contributed by atoms with Crippen LogP contribution in [0.2, 0.25) is 0 Å².